The minimum absolute atomic E-state index is 0.294. The summed E-state index contributed by atoms with van der Waals surface area (Å²) >= 11 is 1.78. The van der Waals surface area contributed by atoms with Crippen LogP contribution in [0.1, 0.15) is 42.6 Å². The van der Waals surface area contributed by atoms with Crippen molar-refractivity contribution in [1.29, 1.82) is 0 Å². The van der Waals surface area contributed by atoms with Gasteiger partial charge in [0.15, 0.2) is 5.82 Å². The Bertz CT molecular complexity index is 509. The maximum absolute atomic E-state index is 4.31. The highest BCUT2D eigenvalue weighted by Gasteiger charge is 2.27. The highest BCUT2D eigenvalue weighted by molar-refractivity contribution is 7.98. The fourth-order valence-electron chi connectivity index (χ4n) is 1.72. The van der Waals surface area contributed by atoms with Crippen molar-refractivity contribution in [3.8, 4) is 0 Å². The molecule has 94 valence electrons. The summed E-state index contributed by atoms with van der Waals surface area (Å²) in [5, 5.41) is 12.2. The molecule has 6 nitrogen and oxygen atoms in total. The molecule has 1 aliphatic rings. The molecule has 0 saturated heterocycles. The molecular formula is C11H14N6S. The van der Waals surface area contributed by atoms with Crippen LogP contribution in [0.3, 0.4) is 0 Å². The Balaban J connectivity index is 1.62. The molecule has 3 rings (SSSR count). The summed E-state index contributed by atoms with van der Waals surface area (Å²) in [5.41, 5.74) is 0.993. The van der Waals surface area contributed by atoms with E-state index >= 15 is 0 Å². The molecule has 1 aliphatic carbocycles. The first kappa shape index (κ1) is 11.6. The number of tetrazole rings is 1. The van der Waals surface area contributed by atoms with Crippen molar-refractivity contribution in [2.24, 2.45) is 0 Å². The van der Waals surface area contributed by atoms with Crippen molar-refractivity contribution in [3.63, 3.8) is 0 Å². The molecule has 0 radical (unpaired) electrons. The SMILES string of the molecule is CC(SCc1nnnn1C1CC1)c1cnccn1. The lowest BCUT2D eigenvalue weighted by molar-refractivity contribution is 0.593. The average Bonchev–Trinajstić information content (AvgIpc) is 3.16. The Morgan fingerprint density at radius 3 is 3.06 bits per heavy atom. The van der Waals surface area contributed by atoms with Gasteiger partial charge in [0.25, 0.3) is 0 Å². The van der Waals surface area contributed by atoms with Gasteiger partial charge in [-0.2, -0.15) is 0 Å². The number of rotatable bonds is 5. The fourth-order valence-corrected chi connectivity index (χ4v) is 2.60. The molecule has 1 unspecified atom stereocenters. The second kappa shape index (κ2) is 5.01. The Kier molecular flexibility index (Phi) is 3.22. The van der Waals surface area contributed by atoms with E-state index in [0.717, 1.165) is 17.3 Å². The molecule has 1 atom stereocenters. The van der Waals surface area contributed by atoms with Crippen molar-refractivity contribution in [2.75, 3.05) is 0 Å². The van der Waals surface area contributed by atoms with Gasteiger partial charge >= 0.3 is 0 Å². The van der Waals surface area contributed by atoms with Gasteiger partial charge in [0.1, 0.15) is 0 Å². The smallest absolute Gasteiger partial charge is 0.161 e. The van der Waals surface area contributed by atoms with E-state index in [1.54, 1.807) is 24.2 Å². The van der Waals surface area contributed by atoms with Gasteiger partial charge in [0.05, 0.1) is 17.5 Å². The number of thioether (sulfide) groups is 1. The van der Waals surface area contributed by atoms with Gasteiger partial charge in [0, 0.05) is 23.8 Å². The van der Waals surface area contributed by atoms with Crippen LogP contribution >= 0.6 is 11.8 Å². The van der Waals surface area contributed by atoms with Crippen LogP contribution in [0.15, 0.2) is 18.6 Å². The van der Waals surface area contributed by atoms with Crippen LogP contribution < -0.4 is 0 Å². The fraction of sp³-hybridized carbons (Fsp3) is 0.545. The van der Waals surface area contributed by atoms with Crippen LogP contribution in [-0.2, 0) is 5.75 Å². The molecule has 2 aromatic rings. The first-order chi connectivity index (χ1) is 8.84. The van der Waals surface area contributed by atoms with Crippen LogP contribution in [0.2, 0.25) is 0 Å². The van der Waals surface area contributed by atoms with Crippen LogP contribution in [0, 0.1) is 0 Å². The van der Waals surface area contributed by atoms with E-state index in [-0.39, 0.29) is 0 Å². The highest BCUT2D eigenvalue weighted by Crippen LogP contribution is 2.36. The van der Waals surface area contributed by atoms with E-state index in [1.807, 2.05) is 10.9 Å². The van der Waals surface area contributed by atoms with Gasteiger partial charge < -0.3 is 0 Å². The first-order valence-electron chi connectivity index (χ1n) is 5.99. The average molecular weight is 262 g/mol. The third-order valence-electron chi connectivity index (χ3n) is 2.92. The Labute approximate surface area is 109 Å². The summed E-state index contributed by atoms with van der Waals surface area (Å²) < 4.78 is 1.95. The lowest BCUT2D eigenvalue weighted by Crippen LogP contribution is -2.03. The summed E-state index contributed by atoms with van der Waals surface area (Å²) in [5.74, 6) is 1.76. The third kappa shape index (κ3) is 2.50. The molecule has 7 heteroatoms. The molecule has 0 bridgehead atoms. The molecule has 2 heterocycles. The molecule has 0 spiro atoms. The minimum Gasteiger partial charge on any atom is -0.261 e. The standard InChI is InChI=1S/C11H14N6S/c1-8(10-6-12-4-5-13-10)18-7-11-14-15-16-17(11)9-2-3-9/h4-6,8-9H,2-3,7H2,1H3. The van der Waals surface area contributed by atoms with Crippen LogP contribution in [0.5, 0.6) is 0 Å². The predicted octanol–water partition coefficient (Wildman–Crippen LogP) is 1.79. The predicted molar refractivity (Wildman–Crippen MR) is 67.8 cm³/mol. The van der Waals surface area contributed by atoms with Crippen molar-refractivity contribution < 1.29 is 0 Å². The van der Waals surface area contributed by atoms with Crippen molar-refractivity contribution in [2.45, 2.75) is 36.8 Å². The molecule has 1 saturated carbocycles. The second-order valence-corrected chi connectivity index (χ2v) is 5.68. The summed E-state index contributed by atoms with van der Waals surface area (Å²) in [7, 11) is 0. The minimum atomic E-state index is 0.294. The van der Waals surface area contributed by atoms with Gasteiger partial charge in [-0.05, 0) is 30.2 Å². The quantitative estimate of drug-likeness (QED) is 0.818. The zero-order valence-electron chi connectivity index (χ0n) is 10.1. The topological polar surface area (TPSA) is 69.4 Å². The largest absolute Gasteiger partial charge is 0.261 e. The molecule has 18 heavy (non-hydrogen) atoms. The molecule has 0 N–H and O–H groups in total. The Morgan fingerprint density at radius 2 is 2.33 bits per heavy atom. The number of nitrogens with zero attached hydrogens (tertiary/aromatic N) is 6. The van der Waals surface area contributed by atoms with Crippen molar-refractivity contribution in [3.05, 3.63) is 30.1 Å². The summed E-state index contributed by atoms with van der Waals surface area (Å²) in [6, 6.07) is 0.530. The highest BCUT2D eigenvalue weighted by atomic mass is 32.2. The lowest BCUT2D eigenvalue weighted by atomic mass is 10.3. The third-order valence-corrected chi connectivity index (χ3v) is 4.08. The second-order valence-electron chi connectivity index (χ2n) is 4.35. The van der Waals surface area contributed by atoms with Gasteiger partial charge in [0.2, 0.25) is 0 Å². The maximum atomic E-state index is 4.31. The van der Waals surface area contributed by atoms with E-state index in [2.05, 4.69) is 32.4 Å². The summed E-state index contributed by atoms with van der Waals surface area (Å²) in [6.07, 6.45) is 7.61. The van der Waals surface area contributed by atoms with Crippen LogP contribution in [0.25, 0.3) is 0 Å². The van der Waals surface area contributed by atoms with Crippen molar-refractivity contribution in [1.82, 2.24) is 30.2 Å². The van der Waals surface area contributed by atoms with Gasteiger partial charge in [-0.3, -0.25) is 9.97 Å². The van der Waals surface area contributed by atoms with E-state index in [4.69, 9.17) is 0 Å². The Morgan fingerprint density at radius 1 is 1.44 bits per heavy atom. The normalized spacial score (nSPS) is 16.7. The monoisotopic (exact) mass is 262 g/mol. The summed E-state index contributed by atoms with van der Waals surface area (Å²) in [4.78, 5) is 8.39. The maximum Gasteiger partial charge on any atom is 0.161 e. The van der Waals surface area contributed by atoms with Gasteiger partial charge in [-0.15, -0.1) is 16.9 Å². The zero-order chi connectivity index (χ0) is 12.4. The molecule has 0 amide bonds. The number of hydrogen-bond acceptors (Lipinski definition) is 6. The van der Waals surface area contributed by atoms with Crippen molar-refractivity contribution >= 4 is 11.8 Å². The molecule has 0 aromatic carbocycles. The number of hydrogen-bond donors (Lipinski definition) is 0. The molecular weight excluding hydrogens is 248 g/mol. The first-order valence-corrected chi connectivity index (χ1v) is 7.03. The zero-order valence-corrected chi connectivity index (χ0v) is 10.9. The van der Waals surface area contributed by atoms with E-state index < -0.39 is 0 Å². The van der Waals surface area contributed by atoms with E-state index in [0.29, 0.717) is 11.3 Å². The Hall–Kier alpha value is -1.50. The summed E-state index contributed by atoms with van der Waals surface area (Å²) in [6.45, 7) is 2.12. The number of aromatic nitrogens is 6. The van der Waals surface area contributed by atoms with Gasteiger partial charge in [-0.1, -0.05) is 0 Å². The molecule has 0 aliphatic heterocycles. The van der Waals surface area contributed by atoms with Crippen LogP contribution in [0.4, 0.5) is 0 Å². The van der Waals surface area contributed by atoms with E-state index in [9.17, 15) is 0 Å². The van der Waals surface area contributed by atoms with Gasteiger partial charge in [-0.25, -0.2) is 4.68 Å². The molecule has 1 fully saturated rings. The lowest BCUT2D eigenvalue weighted by Gasteiger charge is -2.09. The van der Waals surface area contributed by atoms with E-state index in [1.165, 1.54) is 12.8 Å². The van der Waals surface area contributed by atoms with Crippen LogP contribution in [-0.4, -0.2) is 30.2 Å². The molecule has 2 aromatic heterocycles.